The number of ether oxygens (including phenoxy) is 2. The molecule has 2 amide bonds. The molecule has 5 heterocycles. The molecule has 7 rings (SSSR count). The van der Waals surface area contributed by atoms with E-state index in [1.54, 1.807) is 57.2 Å². The summed E-state index contributed by atoms with van der Waals surface area (Å²) in [7, 11) is 1.74. The van der Waals surface area contributed by atoms with E-state index in [9.17, 15) is 19.2 Å². The van der Waals surface area contributed by atoms with Crippen LogP contribution in [0.5, 0.6) is 6.01 Å². The minimum absolute atomic E-state index is 0.00567. The van der Waals surface area contributed by atoms with Crippen molar-refractivity contribution >= 4 is 72.4 Å². The number of alkyl halides is 1. The van der Waals surface area contributed by atoms with Crippen LogP contribution in [-0.4, -0.2) is 82.5 Å². The van der Waals surface area contributed by atoms with Crippen LogP contribution < -0.4 is 20.3 Å². The number of carbonyl (C=O) groups is 2. The first-order valence-corrected chi connectivity index (χ1v) is 19.6. The summed E-state index contributed by atoms with van der Waals surface area (Å²) < 4.78 is 58.8. The third-order valence-corrected chi connectivity index (χ3v) is 11.5. The molecule has 0 unspecified atom stereocenters. The lowest BCUT2D eigenvalue weighted by Crippen LogP contribution is -2.43. The van der Waals surface area contributed by atoms with Gasteiger partial charge in [-0.15, -0.1) is 11.3 Å². The smallest absolute Gasteiger partial charge is 0.412 e. The zero-order valence-corrected chi connectivity index (χ0v) is 33.3. The highest BCUT2D eigenvalue weighted by Crippen LogP contribution is 2.47. The van der Waals surface area contributed by atoms with Gasteiger partial charge in [0.2, 0.25) is 5.91 Å². The third kappa shape index (κ3) is 8.28. The summed E-state index contributed by atoms with van der Waals surface area (Å²) >= 11 is 7.70. The Morgan fingerprint density at radius 2 is 1.95 bits per heavy atom. The lowest BCUT2D eigenvalue weighted by Gasteiger charge is -2.31. The summed E-state index contributed by atoms with van der Waals surface area (Å²) in [6.07, 6.45) is 3.82. The van der Waals surface area contributed by atoms with Crippen LogP contribution in [0, 0.1) is 23.0 Å². The maximum absolute atomic E-state index is 17.2. The van der Waals surface area contributed by atoms with E-state index >= 15 is 8.78 Å². The number of anilines is 3. The number of pyridine rings is 1. The largest absolute Gasteiger partial charge is 0.461 e. The number of rotatable bonds is 11. The predicted molar refractivity (Wildman–Crippen MR) is 214 cm³/mol. The van der Waals surface area contributed by atoms with E-state index in [1.807, 2.05) is 6.07 Å². The van der Waals surface area contributed by atoms with E-state index in [-0.39, 0.29) is 78.5 Å². The Morgan fingerprint density at radius 1 is 1.18 bits per heavy atom. The molecule has 2 N–H and O–H groups in total. The highest BCUT2D eigenvalue weighted by molar-refractivity contribution is 7.23. The normalized spacial score (nSPS) is 18.1. The van der Waals surface area contributed by atoms with Gasteiger partial charge < -0.3 is 19.7 Å². The Kier molecular flexibility index (Phi) is 11.2. The molecule has 2 fully saturated rings. The van der Waals surface area contributed by atoms with Crippen molar-refractivity contribution in [2.24, 2.45) is 0 Å². The monoisotopic (exact) mass is 820 g/mol. The molecule has 0 bridgehead atoms. The van der Waals surface area contributed by atoms with Gasteiger partial charge in [-0.3, -0.25) is 20.0 Å². The molecule has 3 aromatic heterocycles. The van der Waals surface area contributed by atoms with Crippen molar-refractivity contribution in [2.45, 2.75) is 70.2 Å². The van der Waals surface area contributed by atoms with Crippen molar-refractivity contribution in [2.75, 3.05) is 48.8 Å². The number of nitriles is 1. The van der Waals surface area contributed by atoms with Crippen LogP contribution in [-0.2, 0) is 9.53 Å². The summed E-state index contributed by atoms with van der Waals surface area (Å²) in [4.78, 5) is 42.4. The molecule has 2 aliphatic heterocycles. The molecule has 0 saturated carbocycles. The van der Waals surface area contributed by atoms with Crippen LogP contribution in [0.3, 0.4) is 0 Å². The predicted octanol–water partition coefficient (Wildman–Crippen LogP) is 8.87. The summed E-state index contributed by atoms with van der Waals surface area (Å²) in [6, 6.07) is 9.22. The number of aromatic nitrogens is 3. The van der Waals surface area contributed by atoms with Gasteiger partial charge in [0.1, 0.15) is 46.6 Å². The molecule has 0 radical (unpaired) electrons. The molecule has 5 aromatic rings. The van der Waals surface area contributed by atoms with E-state index in [2.05, 4.69) is 25.5 Å². The Bertz CT molecular complexity index is 2410. The molecule has 2 saturated heterocycles. The van der Waals surface area contributed by atoms with Crippen molar-refractivity contribution in [3.8, 4) is 23.2 Å². The van der Waals surface area contributed by atoms with E-state index < -0.39 is 35.0 Å². The SMILES string of the molecule is CN(CCCC(=O)Nc1ccncc1)c1nc(OC[C@@]23CCCN2C[C@H](F)C3)nc2c(F)c(-c3ccc(F)c4sc(NC(=O)OC(C)(C)C)c(C#N)c34)c(Cl)cc12. The maximum Gasteiger partial charge on any atom is 0.412 e. The van der Waals surface area contributed by atoms with E-state index in [0.29, 0.717) is 31.6 Å². The molecule has 2 atom stereocenters. The number of halogens is 4. The van der Waals surface area contributed by atoms with Crippen molar-refractivity contribution in [3.05, 3.63) is 64.9 Å². The molecular weight excluding hydrogens is 781 g/mol. The van der Waals surface area contributed by atoms with Crippen LogP contribution in [0.4, 0.5) is 34.5 Å². The topological polar surface area (TPSA) is 146 Å². The maximum atomic E-state index is 17.2. The fourth-order valence-corrected chi connectivity index (χ4v) is 8.98. The van der Waals surface area contributed by atoms with Crippen molar-refractivity contribution < 1.29 is 32.2 Å². The quantitative estimate of drug-likeness (QED) is 0.133. The number of amides is 2. The first-order valence-electron chi connectivity index (χ1n) is 18.4. The van der Waals surface area contributed by atoms with Crippen molar-refractivity contribution in [1.82, 2.24) is 19.9 Å². The lowest BCUT2D eigenvalue weighted by molar-refractivity contribution is -0.116. The molecule has 57 heavy (non-hydrogen) atoms. The number of fused-ring (bicyclic) bond motifs is 3. The Labute approximate surface area is 335 Å². The second-order valence-corrected chi connectivity index (χ2v) is 16.7. The van der Waals surface area contributed by atoms with Crippen LogP contribution in [0.2, 0.25) is 5.02 Å². The number of nitrogens with one attached hydrogen (secondary N) is 2. The number of hydrogen-bond donors (Lipinski definition) is 2. The van der Waals surface area contributed by atoms with Gasteiger partial charge in [-0.25, -0.2) is 18.0 Å². The van der Waals surface area contributed by atoms with Crippen LogP contribution in [0.25, 0.3) is 32.1 Å². The van der Waals surface area contributed by atoms with Crippen LogP contribution in [0.1, 0.15) is 58.4 Å². The third-order valence-electron chi connectivity index (χ3n) is 10.1. The van der Waals surface area contributed by atoms with Gasteiger partial charge in [-0.05, 0) is 76.4 Å². The molecule has 12 nitrogen and oxygen atoms in total. The second-order valence-electron chi connectivity index (χ2n) is 15.3. The summed E-state index contributed by atoms with van der Waals surface area (Å²) in [5, 5.41) is 15.9. The number of carbonyl (C=O) groups excluding carboxylic acids is 2. The minimum atomic E-state index is -0.992. The molecule has 2 aliphatic rings. The average molecular weight is 821 g/mol. The van der Waals surface area contributed by atoms with Gasteiger partial charge in [0, 0.05) is 67.4 Å². The Hall–Kier alpha value is -5.24. The first-order chi connectivity index (χ1) is 27.2. The van der Waals surface area contributed by atoms with Gasteiger partial charge >= 0.3 is 12.1 Å². The molecule has 0 spiro atoms. The summed E-state index contributed by atoms with van der Waals surface area (Å²) in [6.45, 7) is 6.50. The van der Waals surface area contributed by atoms with E-state index in [0.717, 1.165) is 36.8 Å². The van der Waals surface area contributed by atoms with Gasteiger partial charge in [-0.2, -0.15) is 15.2 Å². The van der Waals surface area contributed by atoms with Gasteiger partial charge in [-0.1, -0.05) is 17.7 Å². The van der Waals surface area contributed by atoms with Gasteiger partial charge in [0.25, 0.3) is 0 Å². The highest BCUT2D eigenvalue weighted by Gasteiger charge is 2.49. The minimum Gasteiger partial charge on any atom is -0.461 e. The van der Waals surface area contributed by atoms with E-state index in [1.165, 1.54) is 12.1 Å². The molecule has 298 valence electrons. The number of benzene rings is 2. The summed E-state index contributed by atoms with van der Waals surface area (Å²) in [5.41, 5.74) is -1.09. The number of hydrogen-bond acceptors (Lipinski definition) is 11. The molecule has 2 aromatic carbocycles. The Balaban J connectivity index is 1.28. The molecule has 0 aliphatic carbocycles. The average Bonchev–Trinajstić information content (AvgIpc) is 3.81. The zero-order valence-electron chi connectivity index (χ0n) is 31.7. The van der Waals surface area contributed by atoms with Gasteiger partial charge in [0.15, 0.2) is 5.82 Å². The van der Waals surface area contributed by atoms with Crippen molar-refractivity contribution in [3.63, 3.8) is 0 Å². The second kappa shape index (κ2) is 16.0. The van der Waals surface area contributed by atoms with Crippen LogP contribution in [0.15, 0.2) is 42.7 Å². The molecular formula is C40H40ClF3N8O4S. The fourth-order valence-electron chi connectivity index (χ4n) is 7.62. The molecule has 17 heteroatoms. The number of nitrogens with zero attached hydrogens (tertiary/aromatic N) is 6. The van der Waals surface area contributed by atoms with Crippen molar-refractivity contribution in [1.29, 1.82) is 5.26 Å². The highest BCUT2D eigenvalue weighted by atomic mass is 35.5. The standard InChI is InChI=1S/C40H40ClF3N8O4S/c1-39(2,3)56-38(54)50-36-26(19-45)30-24(8-9-28(43)34(30)57-36)31-27(41)17-25-33(32(31)44)48-37(55-21-40-12-6-16-52(40)20-22(42)18-40)49-35(25)51(4)15-5-7-29(53)47-23-10-13-46-14-11-23/h8-11,13-14,17,22H,5-7,12,15-16,18,20-21H2,1-4H3,(H,50,54)(H,46,47,53)/t22-,40+/m1/s1. The zero-order chi connectivity index (χ0) is 40.6. The summed E-state index contributed by atoms with van der Waals surface area (Å²) in [5.74, 6) is -1.50. The van der Waals surface area contributed by atoms with Crippen LogP contribution >= 0.6 is 22.9 Å². The van der Waals surface area contributed by atoms with E-state index in [4.69, 9.17) is 26.1 Å². The number of thiophene rings is 1. The lowest BCUT2D eigenvalue weighted by atomic mass is 9.95. The Morgan fingerprint density at radius 3 is 2.68 bits per heavy atom. The fraction of sp³-hybridized carbons (Fsp3) is 0.400. The van der Waals surface area contributed by atoms with Gasteiger partial charge in [0.05, 0.1) is 20.8 Å². The first kappa shape index (κ1) is 40.0.